The molecule has 5 aromatic rings. The average Bonchev–Trinajstić information content (AvgIpc) is 3.28. The monoisotopic (exact) mass is 475 g/mol. The van der Waals surface area contributed by atoms with Crippen LogP contribution < -0.4 is 5.32 Å². The lowest BCUT2D eigenvalue weighted by atomic mass is 10.0. The van der Waals surface area contributed by atoms with Crippen LogP contribution in [0.25, 0.3) is 33.4 Å². The van der Waals surface area contributed by atoms with Crippen molar-refractivity contribution >= 4 is 56.5 Å². The summed E-state index contributed by atoms with van der Waals surface area (Å²) < 4.78 is 0. The number of aromatic nitrogens is 2. The van der Waals surface area contributed by atoms with Gasteiger partial charge in [0.1, 0.15) is 0 Å². The van der Waals surface area contributed by atoms with Crippen LogP contribution in [-0.4, -0.2) is 15.9 Å². The van der Waals surface area contributed by atoms with E-state index < -0.39 is 0 Å². The molecule has 0 spiro atoms. The lowest BCUT2D eigenvalue weighted by Crippen LogP contribution is -2.13. The Kier molecular flexibility index (Phi) is 5.62. The van der Waals surface area contributed by atoms with Gasteiger partial charge in [0.2, 0.25) is 0 Å². The van der Waals surface area contributed by atoms with Gasteiger partial charge in [-0.15, -0.1) is 11.3 Å². The molecule has 0 aliphatic heterocycles. The van der Waals surface area contributed by atoms with Gasteiger partial charge in [-0.2, -0.15) is 0 Å². The number of halogens is 2. The zero-order valence-electron chi connectivity index (χ0n) is 16.5. The van der Waals surface area contributed by atoms with Crippen molar-refractivity contribution in [1.29, 1.82) is 0 Å². The first-order chi connectivity index (χ1) is 15.6. The summed E-state index contributed by atoms with van der Waals surface area (Å²) in [7, 11) is 0. The number of carbonyl (C=O) groups is 1. The number of pyridine rings is 1. The predicted octanol–water partition coefficient (Wildman–Crippen LogP) is 7.58. The SMILES string of the molecule is O=C(Nc1nc(-c2ccccc2)cs1)c1cc(-c2ccc(Cl)cc2)nc2ccc(Cl)cc12. The number of hydrogen-bond donors (Lipinski definition) is 1. The molecule has 0 saturated carbocycles. The summed E-state index contributed by atoms with van der Waals surface area (Å²) in [6, 6.07) is 24.3. The maximum Gasteiger partial charge on any atom is 0.258 e. The highest BCUT2D eigenvalue weighted by atomic mass is 35.5. The molecule has 5 rings (SSSR count). The minimum atomic E-state index is -0.274. The molecular weight excluding hydrogens is 461 g/mol. The van der Waals surface area contributed by atoms with Crippen molar-refractivity contribution in [1.82, 2.24) is 9.97 Å². The number of anilines is 1. The van der Waals surface area contributed by atoms with Crippen LogP contribution in [0.15, 0.2) is 84.2 Å². The number of benzene rings is 3. The van der Waals surface area contributed by atoms with Gasteiger partial charge in [0.05, 0.1) is 22.5 Å². The minimum Gasteiger partial charge on any atom is -0.298 e. The molecule has 3 aromatic carbocycles. The molecule has 0 atom stereocenters. The number of hydrogen-bond acceptors (Lipinski definition) is 4. The van der Waals surface area contributed by atoms with Crippen molar-refractivity contribution in [2.24, 2.45) is 0 Å². The fourth-order valence-electron chi connectivity index (χ4n) is 3.39. The zero-order chi connectivity index (χ0) is 22.1. The first-order valence-corrected chi connectivity index (χ1v) is 11.4. The molecule has 0 aliphatic rings. The van der Waals surface area contributed by atoms with Crippen LogP contribution in [0.4, 0.5) is 5.13 Å². The van der Waals surface area contributed by atoms with Gasteiger partial charge in [-0.05, 0) is 36.4 Å². The smallest absolute Gasteiger partial charge is 0.258 e. The van der Waals surface area contributed by atoms with E-state index in [2.05, 4.69) is 10.3 Å². The lowest BCUT2D eigenvalue weighted by Gasteiger charge is -2.10. The highest BCUT2D eigenvalue weighted by Crippen LogP contribution is 2.30. The third-order valence-corrected chi connectivity index (χ3v) is 6.19. The van der Waals surface area contributed by atoms with Crippen LogP contribution >= 0.6 is 34.5 Å². The molecule has 0 radical (unpaired) electrons. The van der Waals surface area contributed by atoms with Crippen molar-refractivity contribution in [2.45, 2.75) is 0 Å². The molecule has 7 heteroatoms. The molecule has 1 amide bonds. The van der Waals surface area contributed by atoms with Gasteiger partial charge in [-0.3, -0.25) is 10.1 Å². The van der Waals surface area contributed by atoms with Crippen molar-refractivity contribution in [2.75, 3.05) is 5.32 Å². The second-order valence-corrected chi connectivity index (χ2v) is 8.81. The Morgan fingerprint density at radius 1 is 0.781 bits per heavy atom. The van der Waals surface area contributed by atoms with Gasteiger partial charge in [0.25, 0.3) is 5.91 Å². The van der Waals surface area contributed by atoms with E-state index in [0.29, 0.717) is 37.3 Å². The van der Waals surface area contributed by atoms with Crippen molar-refractivity contribution in [3.8, 4) is 22.5 Å². The fraction of sp³-hybridized carbons (Fsp3) is 0. The van der Waals surface area contributed by atoms with Gasteiger partial charge in [-0.25, -0.2) is 9.97 Å². The molecule has 0 unspecified atom stereocenters. The van der Waals surface area contributed by atoms with Crippen molar-refractivity contribution in [3.05, 3.63) is 99.9 Å². The highest BCUT2D eigenvalue weighted by molar-refractivity contribution is 7.14. The normalized spacial score (nSPS) is 10.9. The minimum absolute atomic E-state index is 0.274. The third-order valence-electron chi connectivity index (χ3n) is 4.95. The molecule has 0 aliphatic carbocycles. The van der Waals surface area contributed by atoms with Crippen LogP contribution in [0.3, 0.4) is 0 Å². The third kappa shape index (κ3) is 4.23. The van der Waals surface area contributed by atoms with Gasteiger partial charge < -0.3 is 0 Å². The van der Waals surface area contributed by atoms with E-state index in [9.17, 15) is 4.79 Å². The second-order valence-electron chi connectivity index (χ2n) is 7.08. The molecule has 2 heterocycles. The van der Waals surface area contributed by atoms with Gasteiger partial charge in [0.15, 0.2) is 5.13 Å². The quantitative estimate of drug-likeness (QED) is 0.291. The molecule has 1 N–H and O–H groups in total. The first kappa shape index (κ1) is 20.6. The van der Waals surface area contributed by atoms with Crippen LogP contribution in [0, 0.1) is 0 Å². The van der Waals surface area contributed by atoms with E-state index in [-0.39, 0.29) is 5.91 Å². The number of amides is 1. The Balaban J connectivity index is 1.53. The maximum absolute atomic E-state index is 13.3. The summed E-state index contributed by atoms with van der Waals surface area (Å²) in [5, 5.41) is 7.21. The molecule has 32 heavy (non-hydrogen) atoms. The summed E-state index contributed by atoms with van der Waals surface area (Å²) in [4.78, 5) is 22.6. The number of fused-ring (bicyclic) bond motifs is 1. The molecule has 0 saturated heterocycles. The largest absolute Gasteiger partial charge is 0.298 e. The van der Waals surface area contributed by atoms with Crippen LogP contribution in [0.2, 0.25) is 10.0 Å². The van der Waals surface area contributed by atoms with Crippen LogP contribution in [0.1, 0.15) is 10.4 Å². The molecular formula is C25H15Cl2N3OS. The number of carbonyl (C=O) groups excluding carboxylic acids is 1. The predicted molar refractivity (Wildman–Crippen MR) is 133 cm³/mol. The average molecular weight is 476 g/mol. The Labute approximate surface area is 198 Å². The van der Waals surface area contributed by atoms with E-state index >= 15 is 0 Å². The number of nitrogens with zero attached hydrogens (tertiary/aromatic N) is 2. The van der Waals surface area contributed by atoms with Crippen LogP contribution in [-0.2, 0) is 0 Å². The van der Waals surface area contributed by atoms with E-state index in [1.54, 1.807) is 30.3 Å². The summed E-state index contributed by atoms with van der Waals surface area (Å²) in [6.07, 6.45) is 0. The van der Waals surface area contributed by atoms with Crippen molar-refractivity contribution in [3.63, 3.8) is 0 Å². The van der Waals surface area contributed by atoms with E-state index in [4.69, 9.17) is 28.2 Å². The summed E-state index contributed by atoms with van der Waals surface area (Å²) >= 11 is 13.6. The Morgan fingerprint density at radius 2 is 1.50 bits per heavy atom. The second kappa shape index (κ2) is 8.71. The van der Waals surface area contributed by atoms with E-state index in [0.717, 1.165) is 16.8 Å². The maximum atomic E-state index is 13.3. The molecule has 0 bridgehead atoms. The standard InChI is InChI=1S/C25H15Cl2N3OS/c26-17-8-6-16(7-9-17)22-13-20(19-12-18(27)10-11-21(19)28-22)24(31)30-25-29-23(14-32-25)15-4-2-1-3-5-15/h1-14H,(H,29,30,31). The molecule has 2 aromatic heterocycles. The number of rotatable bonds is 4. The first-order valence-electron chi connectivity index (χ1n) is 9.75. The fourth-order valence-corrected chi connectivity index (χ4v) is 4.40. The summed E-state index contributed by atoms with van der Waals surface area (Å²) in [5.41, 5.74) is 4.49. The van der Waals surface area contributed by atoms with Gasteiger partial charge >= 0.3 is 0 Å². The zero-order valence-corrected chi connectivity index (χ0v) is 18.9. The summed E-state index contributed by atoms with van der Waals surface area (Å²) in [5.74, 6) is -0.274. The van der Waals surface area contributed by atoms with Crippen LogP contribution in [0.5, 0.6) is 0 Å². The highest BCUT2D eigenvalue weighted by Gasteiger charge is 2.16. The Bertz CT molecular complexity index is 1430. The molecule has 4 nitrogen and oxygen atoms in total. The topological polar surface area (TPSA) is 54.9 Å². The molecule has 156 valence electrons. The van der Waals surface area contributed by atoms with Crippen molar-refractivity contribution < 1.29 is 4.79 Å². The van der Waals surface area contributed by atoms with E-state index in [1.165, 1.54) is 11.3 Å². The molecule has 0 fully saturated rings. The Hall–Kier alpha value is -3.25. The lowest BCUT2D eigenvalue weighted by molar-refractivity contribution is 0.102. The number of nitrogens with one attached hydrogen (secondary N) is 1. The number of thiazole rings is 1. The van der Waals surface area contributed by atoms with Gasteiger partial charge in [-0.1, -0.05) is 65.7 Å². The Morgan fingerprint density at radius 3 is 2.28 bits per heavy atom. The summed E-state index contributed by atoms with van der Waals surface area (Å²) in [6.45, 7) is 0. The van der Waals surface area contributed by atoms with Gasteiger partial charge in [0, 0.05) is 31.9 Å². The van der Waals surface area contributed by atoms with E-state index in [1.807, 2.05) is 53.9 Å².